The van der Waals surface area contributed by atoms with Crippen molar-refractivity contribution in [1.29, 1.82) is 0 Å². The summed E-state index contributed by atoms with van der Waals surface area (Å²) in [5.74, 6) is 1.60. The Bertz CT molecular complexity index is 1020. The van der Waals surface area contributed by atoms with Gasteiger partial charge in [0, 0.05) is 12.6 Å². The molecule has 0 spiro atoms. The number of methoxy groups -OCH3 is 2. The van der Waals surface area contributed by atoms with Crippen LogP contribution in [0.2, 0.25) is 0 Å². The number of ether oxygens (including phenoxy) is 2. The van der Waals surface area contributed by atoms with Crippen molar-refractivity contribution in [2.75, 3.05) is 14.2 Å². The van der Waals surface area contributed by atoms with Gasteiger partial charge in [-0.15, -0.1) is 0 Å². The zero-order chi connectivity index (χ0) is 23.8. The highest BCUT2D eigenvalue weighted by molar-refractivity contribution is 5.94. The lowest BCUT2D eigenvalue weighted by atomic mass is 10.1. The van der Waals surface area contributed by atoms with Gasteiger partial charge in [0.15, 0.2) is 5.69 Å². The summed E-state index contributed by atoms with van der Waals surface area (Å²) in [7, 11) is 3.27. The molecule has 0 aliphatic heterocycles. The summed E-state index contributed by atoms with van der Waals surface area (Å²) in [4.78, 5) is 13.1. The number of benzene rings is 2. The first-order valence-electron chi connectivity index (χ1n) is 11.6. The van der Waals surface area contributed by atoms with E-state index in [1.54, 1.807) is 14.2 Å². The summed E-state index contributed by atoms with van der Waals surface area (Å²) in [5, 5.41) is 7.80. The maximum absolute atomic E-state index is 13.1. The van der Waals surface area contributed by atoms with E-state index in [0.29, 0.717) is 29.7 Å². The highest BCUT2D eigenvalue weighted by Gasteiger charge is 2.22. The third-order valence-corrected chi connectivity index (χ3v) is 5.96. The Morgan fingerprint density at radius 1 is 1.03 bits per heavy atom. The van der Waals surface area contributed by atoms with Gasteiger partial charge in [-0.25, -0.2) is 0 Å². The summed E-state index contributed by atoms with van der Waals surface area (Å²) in [6.07, 6.45) is 2.78. The largest absolute Gasteiger partial charge is 0.496 e. The van der Waals surface area contributed by atoms with Crippen molar-refractivity contribution >= 4 is 5.91 Å². The fourth-order valence-corrected chi connectivity index (χ4v) is 3.79. The predicted molar refractivity (Wildman–Crippen MR) is 132 cm³/mol. The monoisotopic (exact) mass is 449 g/mol. The molecule has 3 aromatic rings. The molecule has 33 heavy (non-hydrogen) atoms. The summed E-state index contributed by atoms with van der Waals surface area (Å²) in [6.45, 7) is 7.06. The molecule has 2 atom stereocenters. The molecule has 1 amide bonds. The second-order valence-corrected chi connectivity index (χ2v) is 8.55. The molecule has 2 aromatic carbocycles. The lowest BCUT2D eigenvalue weighted by Gasteiger charge is -2.16. The zero-order valence-electron chi connectivity index (χ0n) is 20.3. The Morgan fingerprint density at radius 3 is 2.30 bits per heavy atom. The predicted octanol–water partition coefficient (Wildman–Crippen LogP) is 5.36. The maximum Gasteiger partial charge on any atom is 0.272 e. The molecule has 1 heterocycles. The number of amides is 1. The van der Waals surface area contributed by atoms with Crippen LogP contribution in [0.25, 0.3) is 11.3 Å². The van der Waals surface area contributed by atoms with Crippen LogP contribution >= 0.6 is 0 Å². The summed E-state index contributed by atoms with van der Waals surface area (Å²) in [6, 6.07) is 17.8. The maximum atomic E-state index is 13.1. The molecule has 176 valence electrons. The number of carbonyl (C=O) groups excluding carboxylic acids is 1. The molecule has 0 saturated heterocycles. The van der Waals surface area contributed by atoms with E-state index in [9.17, 15) is 4.79 Å². The van der Waals surface area contributed by atoms with Gasteiger partial charge in [0.1, 0.15) is 11.5 Å². The van der Waals surface area contributed by atoms with E-state index in [1.807, 2.05) is 54.1 Å². The van der Waals surface area contributed by atoms with E-state index < -0.39 is 0 Å². The van der Waals surface area contributed by atoms with Gasteiger partial charge in [0.05, 0.1) is 25.5 Å². The third kappa shape index (κ3) is 6.15. The van der Waals surface area contributed by atoms with Crippen molar-refractivity contribution in [3.63, 3.8) is 0 Å². The van der Waals surface area contributed by atoms with Crippen LogP contribution in [-0.4, -0.2) is 35.9 Å². The molecule has 6 nitrogen and oxygen atoms in total. The number of hydrogen-bond acceptors (Lipinski definition) is 4. The van der Waals surface area contributed by atoms with Crippen LogP contribution in [0, 0.1) is 5.92 Å². The number of nitrogens with one attached hydrogen (secondary N) is 1. The van der Waals surface area contributed by atoms with E-state index in [0.717, 1.165) is 30.5 Å². The van der Waals surface area contributed by atoms with Crippen LogP contribution in [0.5, 0.6) is 11.5 Å². The minimum absolute atomic E-state index is 0.0293. The Hall–Kier alpha value is -3.28. The van der Waals surface area contributed by atoms with Crippen molar-refractivity contribution in [3.05, 3.63) is 65.9 Å². The second-order valence-electron chi connectivity index (χ2n) is 8.55. The lowest BCUT2D eigenvalue weighted by Crippen LogP contribution is -2.33. The fraction of sp³-hybridized carbons (Fsp3) is 0.407. The van der Waals surface area contributed by atoms with Crippen molar-refractivity contribution in [1.82, 2.24) is 15.1 Å². The third-order valence-electron chi connectivity index (χ3n) is 5.96. The van der Waals surface area contributed by atoms with Gasteiger partial charge in [-0.2, -0.15) is 5.10 Å². The normalized spacial score (nSPS) is 12.8. The van der Waals surface area contributed by atoms with Crippen molar-refractivity contribution < 1.29 is 14.3 Å². The molecule has 1 unspecified atom stereocenters. The van der Waals surface area contributed by atoms with Gasteiger partial charge in [0.2, 0.25) is 0 Å². The quantitative estimate of drug-likeness (QED) is 0.428. The first-order valence-corrected chi connectivity index (χ1v) is 11.6. The average molecular weight is 450 g/mol. The summed E-state index contributed by atoms with van der Waals surface area (Å²) in [5.41, 5.74) is 3.27. The van der Waals surface area contributed by atoms with E-state index in [1.165, 1.54) is 5.56 Å². The van der Waals surface area contributed by atoms with Crippen LogP contribution in [-0.2, 0) is 13.0 Å². The number of aryl methyl sites for hydroxylation is 1. The lowest BCUT2D eigenvalue weighted by molar-refractivity contribution is 0.0932. The number of nitrogens with zero attached hydrogens (tertiary/aromatic N) is 2. The van der Waals surface area contributed by atoms with Gasteiger partial charge >= 0.3 is 0 Å². The molecule has 0 radical (unpaired) electrons. The smallest absolute Gasteiger partial charge is 0.272 e. The molecule has 1 aromatic heterocycles. The topological polar surface area (TPSA) is 65.4 Å². The molecular formula is C27H35N3O3. The molecule has 0 aliphatic carbocycles. The number of aromatic nitrogens is 2. The summed E-state index contributed by atoms with van der Waals surface area (Å²) < 4.78 is 13.1. The van der Waals surface area contributed by atoms with E-state index in [4.69, 9.17) is 14.6 Å². The molecule has 6 heteroatoms. The van der Waals surface area contributed by atoms with Crippen molar-refractivity contribution in [2.45, 2.75) is 52.6 Å². The number of carbonyl (C=O) groups is 1. The molecule has 3 rings (SSSR count). The molecule has 1 N–H and O–H groups in total. The highest BCUT2D eigenvalue weighted by atomic mass is 16.5. The fourth-order valence-electron chi connectivity index (χ4n) is 3.79. The molecule has 0 saturated carbocycles. The first-order chi connectivity index (χ1) is 16.0. The Morgan fingerprint density at radius 2 is 1.70 bits per heavy atom. The molecule has 0 bridgehead atoms. The van der Waals surface area contributed by atoms with Gasteiger partial charge in [0.25, 0.3) is 5.91 Å². The minimum atomic E-state index is -0.173. The van der Waals surface area contributed by atoms with Crippen LogP contribution < -0.4 is 14.8 Å². The van der Waals surface area contributed by atoms with E-state index >= 15 is 0 Å². The van der Waals surface area contributed by atoms with Gasteiger partial charge in [-0.3, -0.25) is 9.48 Å². The minimum Gasteiger partial charge on any atom is -0.496 e. The first kappa shape index (κ1) is 24.4. The van der Waals surface area contributed by atoms with Crippen molar-refractivity contribution in [2.24, 2.45) is 5.92 Å². The number of rotatable bonds is 11. The average Bonchev–Trinajstić information content (AvgIpc) is 3.25. The summed E-state index contributed by atoms with van der Waals surface area (Å²) >= 11 is 0. The van der Waals surface area contributed by atoms with Gasteiger partial charge < -0.3 is 14.8 Å². The second kappa shape index (κ2) is 11.5. The van der Waals surface area contributed by atoms with E-state index in [-0.39, 0.29) is 11.9 Å². The van der Waals surface area contributed by atoms with Crippen LogP contribution in [0.4, 0.5) is 0 Å². The molecular weight excluding hydrogens is 414 g/mol. The molecule has 0 fully saturated rings. The Balaban J connectivity index is 1.85. The Kier molecular flexibility index (Phi) is 8.52. The van der Waals surface area contributed by atoms with E-state index in [2.05, 4.69) is 31.3 Å². The zero-order valence-corrected chi connectivity index (χ0v) is 20.3. The van der Waals surface area contributed by atoms with Crippen LogP contribution in [0.15, 0.2) is 54.6 Å². The van der Waals surface area contributed by atoms with Gasteiger partial charge in [-0.1, -0.05) is 56.7 Å². The van der Waals surface area contributed by atoms with Crippen LogP contribution in [0.3, 0.4) is 0 Å². The highest BCUT2D eigenvalue weighted by Crippen LogP contribution is 2.38. The Labute approximate surface area is 196 Å². The molecule has 0 aliphatic rings. The van der Waals surface area contributed by atoms with Crippen LogP contribution in [0.1, 0.15) is 49.7 Å². The van der Waals surface area contributed by atoms with Crippen molar-refractivity contribution in [3.8, 4) is 22.8 Å². The van der Waals surface area contributed by atoms with Gasteiger partial charge in [-0.05, 0) is 49.4 Å². The number of hydrogen-bond donors (Lipinski definition) is 1. The standard InChI is InChI=1S/C27H35N3O3/c1-6-19(2)18-30-23(26-24(32-4)13-10-14-25(26)33-5)17-22(29-30)27(31)28-20(3)15-16-21-11-8-7-9-12-21/h7-14,17,19-20H,6,15-16,18H2,1-5H3,(H,28,31)/t19?,20-/m1/s1. The SMILES string of the molecule is CCC(C)Cn1nc(C(=O)N[C@H](C)CCc2ccccc2)cc1-c1c(OC)cccc1OC.